The first-order chi connectivity index (χ1) is 23.0. The van der Waals surface area contributed by atoms with Crippen LogP contribution in [0.4, 0.5) is 14.6 Å². The third-order valence-corrected chi connectivity index (χ3v) is 8.90. The number of benzene rings is 3. The zero-order valence-electron chi connectivity index (χ0n) is 25.2. The maximum absolute atomic E-state index is 14.8. The number of aliphatic hydroxyl groups excluding tert-OH is 1. The molecule has 47 heavy (non-hydrogen) atoms. The van der Waals surface area contributed by atoms with E-state index in [1.54, 1.807) is 4.90 Å². The number of carbonyl (C=O) groups is 1. The molecular weight excluding hydrogens is 606 g/mol. The van der Waals surface area contributed by atoms with Gasteiger partial charge in [0.15, 0.2) is 11.5 Å². The molecule has 2 aliphatic rings. The van der Waals surface area contributed by atoms with E-state index in [0.717, 1.165) is 34.3 Å². The van der Waals surface area contributed by atoms with Crippen molar-refractivity contribution in [3.05, 3.63) is 91.1 Å². The molecule has 0 unspecified atom stereocenters. The Bertz CT molecular complexity index is 2130. The zero-order valence-corrected chi connectivity index (χ0v) is 25.2. The summed E-state index contributed by atoms with van der Waals surface area (Å²) in [6.07, 6.45) is 5.33. The summed E-state index contributed by atoms with van der Waals surface area (Å²) in [6, 6.07) is 16.6. The van der Waals surface area contributed by atoms with E-state index in [0.29, 0.717) is 55.1 Å². The second-order valence-electron chi connectivity index (χ2n) is 11.8. The van der Waals surface area contributed by atoms with Crippen molar-refractivity contribution >= 4 is 33.8 Å². The number of aryl methyl sites for hydroxylation is 1. The molecule has 0 radical (unpaired) electrons. The molecular formula is C34H30F2N8O3. The average molecular weight is 637 g/mol. The SMILES string of the molecule is O=C1[C@@H]2C[C@@H](CN2c2ncnc3c2cnn3-c2ccc(F)cc2F)Oc2cccc(c2)-c2cccc3ncn(c23)CCCN1CCO. The number of amides is 1. The van der Waals surface area contributed by atoms with Crippen molar-refractivity contribution in [2.75, 3.05) is 31.1 Å². The van der Waals surface area contributed by atoms with Gasteiger partial charge in [-0.1, -0.05) is 24.3 Å². The first-order valence-electron chi connectivity index (χ1n) is 15.5. The Balaban J connectivity index is 1.21. The fourth-order valence-electron chi connectivity index (χ4n) is 6.80. The van der Waals surface area contributed by atoms with Crippen LogP contribution in [0.3, 0.4) is 0 Å². The number of anilines is 1. The number of hydrogen-bond donors (Lipinski definition) is 1. The van der Waals surface area contributed by atoms with E-state index in [2.05, 4.69) is 30.7 Å². The summed E-state index contributed by atoms with van der Waals surface area (Å²) in [7, 11) is 0. The molecule has 1 fully saturated rings. The van der Waals surface area contributed by atoms with Crippen LogP contribution in [0, 0.1) is 11.6 Å². The molecule has 2 atom stereocenters. The standard InChI is InChI=1S/C34H30F2N8O3/c35-22-8-9-29(27(36)15-22)44-33-26(17-40-44)32(37-19-38-33)43-18-24-16-30(43)34(46)41(12-13-45)10-3-11-42-20-39-28-7-2-6-25(31(28)42)21-4-1-5-23(14-21)47-24/h1-2,4-9,14-15,17,19-20,24,30,45H,3,10-13,16,18H2/t24-,30-/m0/s1. The molecule has 0 spiro atoms. The van der Waals surface area contributed by atoms with Crippen LogP contribution >= 0.6 is 0 Å². The van der Waals surface area contributed by atoms with E-state index in [4.69, 9.17) is 4.74 Å². The van der Waals surface area contributed by atoms with E-state index in [1.165, 1.54) is 23.3 Å². The number of nitrogens with zero attached hydrogens (tertiary/aromatic N) is 8. The summed E-state index contributed by atoms with van der Waals surface area (Å²) in [5, 5.41) is 14.8. The minimum atomic E-state index is -0.785. The molecule has 8 rings (SSSR count). The van der Waals surface area contributed by atoms with Crippen molar-refractivity contribution in [1.29, 1.82) is 0 Å². The summed E-state index contributed by atoms with van der Waals surface area (Å²) >= 11 is 0. The number of para-hydroxylation sites is 1. The highest BCUT2D eigenvalue weighted by molar-refractivity contribution is 5.94. The first-order valence-corrected chi connectivity index (χ1v) is 15.5. The number of ether oxygens (including phenoxy) is 1. The van der Waals surface area contributed by atoms with Crippen LogP contribution in [0.25, 0.3) is 38.9 Å². The minimum absolute atomic E-state index is 0.0356. The lowest BCUT2D eigenvalue weighted by molar-refractivity contribution is -0.133. The molecule has 0 saturated carbocycles. The van der Waals surface area contributed by atoms with Gasteiger partial charge in [0.25, 0.3) is 0 Å². The monoisotopic (exact) mass is 636 g/mol. The molecule has 1 saturated heterocycles. The van der Waals surface area contributed by atoms with Gasteiger partial charge in [0.2, 0.25) is 5.91 Å². The van der Waals surface area contributed by atoms with Crippen LogP contribution in [-0.4, -0.2) is 83.6 Å². The number of aliphatic hydroxyl groups is 1. The largest absolute Gasteiger partial charge is 0.488 e. The Morgan fingerprint density at radius 3 is 2.77 bits per heavy atom. The Labute approximate surface area is 267 Å². The third kappa shape index (κ3) is 5.12. The predicted molar refractivity (Wildman–Crippen MR) is 170 cm³/mol. The van der Waals surface area contributed by atoms with E-state index in [1.807, 2.05) is 47.6 Å². The third-order valence-electron chi connectivity index (χ3n) is 8.90. The van der Waals surface area contributed by atoms with Gasteiger partial charge in [0.05, 0.1) is 42.1 Å². The molecule has 0 aliphatic carbocycles. The van der Waals surface area contributed by atoms with Crippen LogP contribution in [0.2, 0.25) is 0 Å². The molecule has 13 heteroatoms. The Morgan fingerprint density at radius 1 is 1.00 bits per heavy atom. The second-order valence-corrected chi connectivity index (χ2v) is 11.8. The quantitative estimate of drug-likeness (QED) is 0.304. The van der Waals surface area contributed by atoms with Gasteiger partial charge < -0.3 is 24.2 Å². The van der Waals surface area contributed by atoms with Gasteiger partial charge >= 0.3 is 0 Å². The highest BCUT2D eigenvalue weighted by Crippen LogP contribution is 2.35. The van der Waals surface area contributed by atoms with Crippen LogP contribution in [0.1, 0.15) is 12.8 Å². The lowest BCUT2D eigenvalue weighted by atomic mass is 10.0. The topological polar surface area (TPSA) is 114 Å². The van der Waals surface area contributed by atoms with Crippen LogP contribution in [-0.2, 0) is 11.3 Å². The Hall–Kier alpha value is -5.43. The molecule has 238 valence electrons. The van der Waals surface area contributed by atoms with E-state index >= 15 is 0 Å². The number of fused-ring (bicyclic) bond motifs is 6. The van der Waals surface area contributed by atoms with Gasteiger partial charge in [-0.2, -0.15) is 5.10 Å². The molecule has 5 heterocycles. The number of imidazole rings is 1. The summed E-state index contributed by atoms with van der Waals surface area (Å²) < 4.78 is 38.4. The molecule has 2 aliphatic heterocycles. The minimum Gasteiger partial charge on any atom is -0.488 e. The van der Waals surface area contributed by atoms with Crippen LogP contribution in [0.5, 0.6) is 5.75 Å². The predicted octanol–water partition coefficient (Wildman–Crippen LogP) is 4.36. The molecule has 3 aromatic heterocycles. The van der Waals surface area contributed by atoms with Gasteiger partial charge in [-0.15, -0.1) is 0 Å². The number of rotatable bonds is 4. The van der Waals surface area contributed by atoms with E-state index < -0.39 is 17.7 Å². The fraction of sp³-hybridized carbons (Fsp3) is 0.265. The fourth-order valence-corrected chi connectivity index (χ4v) is 6.80. The highest BCUT2D eigenvalue weighted by atomic mass is 19.1. The second kappa shape index (κ2) is 11.7. The highest BCUT2D eigenvalue weighted by Gasteiger charge is 2.41. The summed E-state index contributed by atoms with van der Waals surface area (Å²) in [4.78, 5) is 31.5. The van der Waals surface area contributed by atoms with Crippen molar-refractivity contribution in [1.82, 2.24) is 34.2 Å². The Morgan fingerprint density at radius 2 is 1.89 bits per heavy atom. The number of aromatic nitrogens is 6. The molecule has 4 bridgehead atoms. The summed E-state index contributed by atoms with van der Waals surface area (Å²) in [6.45, 7) is 1.37. The smallest absolute Gasteiger partial charge is 0.245 e. The first kappa shape index (κ1) is 29.0. The van der Waals surface area contributed by atoms with Gasteiger partial charge in [0.1, 0.15) is 41.5 Å². The molecule has 1 N–H and O–H groups in total. The van der Waals surface area contributed by atoms with Crippen molar-refractivity contribution < 1.29 is 23.4 Å². The number of halogens is 2. The normalized spacial score (nSPS) is 18.4. The maximum atomic E-state index is 14.8. The van der Waals surface area contributed by atoms with Crippen molar-refractivity contribution in [2.24, 2.45) is 0 Å². The van der Waals surface area contributed by atoms with Gasteiger partial charge in [-0.05, 0) is 42.3 Å². The van der Waals surface area contributed by atoms with Crippen molar-refractivity contribution in [2.45, 2.75) is 31.5 Å². The summed E-state index contributed by atoms with van der Waals surface area (Å²) in [5.41, 5.74) is 4.27. The Kier molecular flexibility index (Phi) is 7.24. The van der Waals surface area contributed by atoms with Gasteiger partial charge in [0, 0.05) is 37.7 Å². The lowest BCUT2D eigenvalue weighted by Gasteiger charge is -2.30. The van der Waals surface area contributed by atoms with Crippen LogP contribution < -0.4 is 9.64 Å². The molecule has 11 nitrogen and oxygen atoms in total. The maximum Gasteiger partial charge on any atom is 0.245 e. The number of hydrogen-bond acceptors (Lipinski definition) is 8. The number of β-amino-alcohol motifs (C(OH)–C–C–N with tert-alkyl or cyclic N) is 1. The van der Waals surface area contributed by atoms with Gasteiger partial charge in [-0.25, -0.2) is 28.4 Å². The van der Waals surface area contributed by atoms with E-state index in [9.17, 15) is 18.7 Å². The number of carbonyl (C=O) groups excluding carboxylic acids is 1. The molecule has 6 aromatic rings. The van der Waals surface area contributed by atoms with Crippen LogP contribution in [0.15, 0.2) is 79.5 Å². The summed E-state index contributed by atoms with van der Waals surface area (Å²) in [5.74, 6) is -0.533. The van der Waals surface area contributed by atoms with Gasteiger partial charge in [-0.3, -0.25) is 4.79 Å². The molecule has 3 aromatic carbocycles. The average Bonchev–Trinajstić information content (AvgIpc) is 3.81. The van der Waals surface area contributed by atoms with Crippen molar-refractivity contribution in [3.63, 3.8) is 0 Å². The zero-order chi connectivity index (χ0) is 32.1. The molecule has 1 amide bonds. The van der Waals surface area contributed by atoms with Crippen molar-refractivity contribution in [3.8, 4) is 22.6 Å². The lowest BCUT2D eigenvalue weighted by Crippen LogP contribution is -2.47. The van der Waals surface area contributed by atoms with E-state index in [-0.39, 0.29) is 30.9 Å².